The van der Waals surface area contributed by atoms with Crippen molar-refractivity contribution in [2.75, 3.05) is 4.72 Å². The Morgan fingerprint density at radius 1 is 1.05 bits per heavy atom. The Balaban J connectivity index is 2.19. The SMILES string of the molecule is CC(C(N)=S)S(=O)(=O)Nc1ccc(-c2ccccc2)cc1. The van der Waals surface area contributed by atoms with E-state index in [1.54, 1.807) is 12.1 Å². The van der Waals surface area contributed by atoms with Gasteiger partial charge in [0.25, 0.3) is 0 Å². The molecule has 2 aromatic rings. The van der Waals surface area contributed by atoms with Crippen molar-refractivity contribution < 1.29 is 8.42 Å². The summed E-state index contributed by atoms with van der Waals surface area (Å²) in [6.07, 6.45) is 0. The number of rotatable bonds is 5. The molecular weight excluding hydrogens is 304 g/mol. The number of nitrogens with two attached hydrogens (primary N) is 1. The minimum absolute atomic E-state index is 0.0524. The van der Waals surface area contributed by atoms with Crippen LogP contribution in [-0.2, 0) is 10.0 Å². The van der Waals surface area contributed by atoms with E-state index in [0.717, 1.165) is 11.1 Å². The zero-order valence-electron chi connectivity index (χ0n) is 11.5. The Morgan fingerprint density at radius 2 is 1.57 bits per heavy atom. The maximum atomic E-state index is 12.0. The number of hydrogen-bond acceptors (Lipinski definition) is 3. The highest BCUT2D eigenvalue weighted by molar-refractivity contribution is 7.95. The molecular formula is C15H16N2O2S2. The average molecular weight is 320 g/mol. The molecule has 3 N–H and O–H groups in total. The van der Waals surface area contributed by atoms with Gasteiger partial charge < -0.3 is 5.73 Å². The van der Waals surface area contributed by atoms with E-state index >= 15 is 0 Å². The first kappa shape index (κ1) is 15.5. The maximum Gasteiger partial charge on any atom is 0.241 e. The van der Waals surface area contributed by atoms with Gasteiger partial charge >= 0.3 is 0 Å². The minimum atomic E-state index is -3.61. The summed E-state index contributed by atoms with van der Waals surface area (Å²) in [5.74, 6) is 0. The number of anilines is 1. The van der Waals surface area contributed by atoms with E-state index in [1.807, 2.05) is 42.5 Å². The first-order valence-electron chi connectivity index (χ1n) is 6.36. The van der Waals surface area contributed by atoms with Crippen molar-refractivity contribution in [2.24, 2.45) is 5.73 Å². The lowest BCUT2D eigenvalue weighted by Gasteiger charge is -2.13. The Hall–Kier alpha value is -1.92. The summed E-state index contributed by atoms with van der Waals surface area (Å²) in [4.78, 5) is -0.0524. The smallest absolute Gasteiger partial charge is 0.241 e. The van der Waals surface area contributed by atoms with Gasteiger partial charge in [-0.25, -0.2) is 8.42 Å². The van der Waals surface area contributed by atoms with Crippen LogP contribution in [0.5, 0.6) is 0 Å². The van der Waals surface area contributed by atoms with Crippen molar-refractivity contribution in [3.63, 3.8) is 0 Å². The molecule has 4 nitrogen and oxygen atoms in total. The third kappa shape index (κ3) is 3.80. The molecule has 2 rings (SSSR count). The Kier molecular flexibility index (Phi) is 4.59. The predicted molar refractivity (Wildman–Crippen MR) is 90.7 cm³/mol. The standard InChI is InChI=1S/C15H16N2O2S2/c1-11(15(16)20)21(18,19)17-14-9-7-13(8-10-14)12-5-3-2-4-6-12/h2-11,17H,1H3,(H2,16,20). The molecule has 0 saturated heterocycles. The molecule has 0 heterocycles. The topological polar surface area (TPSA) is 72.2 Å². The van der Waals surface area contributed by atoms with Crippen LogP contribution >= 0.6 is 12.2 Å². The van der Waals surface area contributed by atoms with E-state index in [9.17, 15) is 8.42 Å². The first-order chi connectivity index (χ1) is 9.90. The van der Waals surface area contributed by atoms with E-state index in [4.69, 9.17) is 18.0 Å². The highest BCUT2D eigenvalue weighted by Gasteiger charge is 2.23. The van der Waals surface area contributed by atoms with Crippen LogP contribution in [0.25, 0.3) is 11.1 Å². The van der Waals surface area contributed by atoms with Crippen LogP contribution in [0.1, 0.15) is 6.92 Å². The number of sulfonamides is 1. The van der Waals surface area contributed by atoms with Crippen LogP contribution in [-0.4, -0.2) is 18.7 Å². The monoisotopic (exact) mass is 320 g/mol. The highest BCUT2D eigenvalue weighted by Crippen LogP contribution is 2.22. The molecule has 0 amide bonds. The normalized spacial score (nSPS) is 12.6. The van der Waals surface area contributed by atoms with Gasteiger partial charge in [0, 0.05) is 5.69 Å². The van der Waals surface area contributed by atoms with E-state index in [1.165, 1.54) is 6.92 Å². The Bertz CT molecular complexity index is 726. The van der Waals surface area contributed by atoms with Crippen LogP contribution in [0.2, 0.25) is 0 Å². The molecule has 0 aliphatic carbocycles. The summed E-state index contributed by atoms with van der Waals surface area (Å²) in [6, 6.07) is 17.0. The van der Waals surface area contributed by atoms with Crippen molar-refractivity contribution in [2.45, 2.75) is 12.2 Å². The lowest BCUT2D eigenvalue weighted by molar-refractivity contribution is 0.598. The van der Waals surface area contributed by atoms with Crippen molar-refractivity contribution >= 4 is 32.9 Å². The largest absolute Gasteiger partial charge is 0.392 e. The molecule has 0 saturated carbocycles. The Labute approximate surface area is 130 Å². The summed E-state index contributed by atoms with van der Waals surface area (Å²) in [6.45, 7) is 1.46. The van der Waals surface area contributed by atoms with Crippen molar-refractivity contribution in [3.8, 4) is 11.1 Å². The molecule has 1 unspecified atom stereocenters. The molecule has 110 valence electrons. The highest BCUT2D eigenvalue weighted by atomic mass is 32.2. The molecule has 0 radical (unpaired) electrons. The molecule has 6 heteroatoms. The van der Waals surface area contributed by atoms with E-state index in [0.29, 0.717) is 5.69 Å². The van der Waals surface area contributed by atoms with Crippen molar-refractivity contribution in [3.05, 3.63) is 54.6 Å². The molecule has 21 heavy (non-hydrogen) atoms. The summed E-state index contributed by atoms with van der Waals surface area (Å²) < 4.78 is 26.5. The number of thiocarbonyl (C=S) groups is 1. The van der Waals surface area contributed by atoms with Crippen LogP contribution < -0.4 is 10.5 Å². The van der Waals surface area contributed by atoms with Gasteiger partial charge in [-0.2, -0.15) is 0 Å². The van der Waals surface area contributed by atoms with Crippen LogP contribution in [0, 0.1) is 0 Å². The third-order valence-corrected chi connectivity index (χ3v) is 5.33. The minimum Gasteiger partial charge on any atom is -0.392 e. The quantitative estimate of drug-likeness (QED) is 0.831. The molecule has 0 aliphatic rings. The van der Waals surface area contributed by atoms with Gasteiger partial charge in [-0.3, -0.25) is 4.72 Å². The molecule has 0 spiro atoms. The Morgan fingerprint density at radius 3 is 2.10 bits per heavy atom. The second-order valence-electron chi connectivity index (χ2n) is 4.64. The van der Waals surface area contributed by atoms with Crippen molar-refractivity contribution in [1.29, 1.82) is 0 Å². The second kappa shape index (κ2) is 6.24. The molecule has 0 aliphatic heterocycles. The van der Waals surface area contributed by atoms with E-state index in [-0.39, 0.29) is 4.99 Å². The van der Waals surface area contributed by atoms with E-state index in [2.05, 4.69) is 4.72 Å². The van der Waals surface area contributed by atoms with Gasteiger partial charge in [0.2, 0.25) is 10.0 Å². The zero-order chi connectivity index (χ0) is 15.5. The molecule has 0 bridgehead atoms. The summed E-state index contributed by atoms with van der Waals surface area (Å²) in [5, 5.41) is -0.915. The molecule has 0 fully saturated rings. The van der Waals surface area contributed by atoms with E-state index < -0.39 is 15.3 Å². The second-order valence-corrected chi connectivity index (χ2v) is 7.11. The van der Waals surface area contributed by atoms with Crippen LogP contribution in [0.4, 0.5) is 5.69 Å². The molecule has 0 aromatic heterocycles. The fraction of sp³-hybridized carbons (Fsp3) is 0.133. The number of nitrogens with one attached hydrogen (secondary N) is 1. The fourth-order valence-corrected chi connectivity index (χ4v) is 3.09. The van der Waals surface area contributed by atoms with Gasteiger partial charge in [-0.05, 0) is 30.2 Å². The first-order valence-corrected chi connectivity index (χ1v) is 8.32. The van der Waals surface area contributed by atoms with Gasteiger partial charge in [0.15, 0.2) is 0 Å². The van der Waals surface area contributed by atoms with Crippen LogP contribution in [0.15, 0.2) is 54.6 Å². The third-order valence-electron chi connectivity index (χ3n) is 3.12. The molecule has 2 aromatic carbocycles. The van der Waals surface area contributed by atoms with Gasteiger partial charge in [0.1, 0.15) is 5.25 Å². The van der Waals surface area contributed by atoms with Gasteiger partial charge in [0.05, 0.1) is 4.99 Å². The average Bonchev–Trinajstić information content (AvgIpc) is 2.47. The molecule has 1 atom stereocenters. The lowest BCUT2D eigenvalue weighted by atomic mass is 10.1. The summed E-state index contributed by atoms with van der Waals surface area (Å²) in [7, 11) is -3.61. The summed E-state index contributed by atoms with van der Waals surface area (Å²) in [5.41, 5.74) is 7.96. The van der Waals surface area contributed by atoms with Crippen molar-refractivity contribution in [1.82, 2.24) is 0 Å². The van der Waals surface area contributed by atoms with Gasteiger partial charge in [-0.1, -0.05) is 54.7 Å². The predicted octanol–water partition coefficient (Wildman–Crippen LogP) is 2.77. The van der Waals surface area contributed by atoms with Crippen LogP contribution in [0.3, 0.4) is 0 Å². The maximum absolute atomic E-state index is 12.0. The van der Waals surface area contributed by atoms with Gasteiger partial charge in [-0.15, -0.1) is 0 Å². The lowest BCUT2D eigenvalue weighted by Crippen LogP contribution is -2.35. The summed E-state index contributed by atoms with van der Waals surface area (Å²) >= 11 is 4.73. The number of benzene rings is 2. The number of hydrogen-bond donors (Lipinski definition) is 2. The zero-order valence-corrected chi connectivity index (χ0v) is 13.1. The fourth-order valence-electron chi connectivity index (χ4n) is 1.77.